The number of benzene rings is 1. The Bertz CT molecular complexity index is 739. The van der Waals surface area contributed by atoms with Gasteiger partial charge in [-0.3, -0.25) is 9.48 Å². The van der Waals surface area contributed by atoms with Crippen molar-refractivity contribution < 1.29 is 19.7 Å². The predicted octanol–water partition coefficient (Wildman–Crippen LogP) is 1.53. The molecule has 3 N–H and O–H groups in total. The highest BCUT2D eigenvalue weighted by Crippen LogP contribution is 2.46. The standard InChI is InChI=1S/C16H19N3O4/c1-10-8-16(10,9-20)23-13-6-11(5-12(21)7-13)15(22)17-14-3-4-19(2)18-14/h3-7,10,20-21H,8-9H2,1-2H3,(H,17,18,22). The number of nitrogens with one attached hydrogen (secondary N) is 1. The number of hydrogen-bond acceptors (Lipinski definition) is 5. The number of anilines is 1. The van der Waals surface area contributed by atoms with Gasteiger partial charge < -0.3 is 20.3 Å². The van der Waals surface area contributed by atoms with Crippen molar-refractivity contribution in [2.75, 3.05) is 11.9 Å². The summed E-state index contributed by atoms with van der Waals surface area (Å²) < 4.78 is 7.37. The molecule has 1 aliphatic carbocycles. The van der Waals surface area contributed by atoms with Crippen LogP contribution in [0.3, 0.4) is 0 Å². The second-order valence-electron chi connectivity index (χ2n) is 5.97. The lowest BCUT2D eigenvalue weighted by atomic mass is 10.2. The van der Waals surface area contributed by atoms with Crippen molar-refractivity contribution in [1.29, 1.82) is 0 Å². The van der Waals surface area contributed by atoms with Crippen molar-refractivity contribution in [1.82, 2.24) is 9.78 Å². The molecule has 2 atom stereocenters. The van der Waals surface area contributed by atoms with Gasteiger partial charge in [0.25, 0.3) is 5.91 Å². The maximum absolute atomic E-state index is 12.3. The summed E-state index contributed by atoms with van der Waals surface area (Å²) in [6, 6.07) is 6.00. The van der Waals surface area contributed by atoms with Crippen LogP contribution in [0.1, 0.15) is 23.7 Å². The lowest BCUT2D eigenvalue weighted by molar-refractivity contribution is 0.0831. The zero-order valence-corrected chi connectivity index (χ0v) is 13.0. The van der Waals surface area contributed by atoms with E-state index in [4.69, 9.17) is 4.74 Å². The summed E-state index contributed by atoms with van der Waals surface area (Å²) in [5, 5.41) is 26.0. The molecule has 0 bridgehead atoms. The SMILES string of the molecule is CC1CC1(CO)Oc1cc(O)cc(C(=O)Nc2ccn(C)n2)c1. The molecule has 1 aromatic carbocycles. The molecule has 0 radical (unpaired) electrons. The monoisotopic (exact) mass is 317 g/mol. The van der Waals surface area contributed by atoms with Crippen LogP contribution in [-0.4, -0.2) is 38.1 Å². The topological polar surface area (TPSA) is 96.6 Å². The summed E-state index contributed by atoms with van der Waals surface area (Å²) in [5.41, 5.74) is -0.352. The summed E-state index contributed by atoms with van der Waals surface area (Å²) >= 11 is 0. The van der Waals surface area contributed by atoms with Crippen molar-refractivity contribution in [3.05, 3.63) is 36.0 Å². The number of aryl methyl sites for hydroxylation is 1. The Morgan fingerprint density at radius 2 is 2.26 bits per heavy atom. The Kier molecular flexibility index (Phi) is 3.73. The first-order chi connectivity index (χ1) is 10.9. The Balaban J connectivity index is 1.78. The number of carbonyl (C=O) groups is 1. The van der Waals surface area contributed by atoms with Gasteiger partial charge >= 0.3 is 0 Å². The number of carbonyl (C=O) groups excluding carboxylic acids is 1. The van der Waals surface area contributed by atoms with Crippen molar-refractivity contribution in [2.24, 2.45) is 13.0 Å². The molecular formula is C16H19N3O4. The number of aromatic hydroxyl groups is 1. The summed E-state index contributed by atoms with van der Waals surface area (Å²) in [7, 11) is 1.75. The molecule has 1 aliphatic rings. The molecule has 1 heterocycles. The van der Waals surface area contributed by atoms with E-state index in [0.717, 1.165) is 6.42 Å². The molecule has 7 heteroatoms. The predicted molar refractivity (Wildman–Crippen MR) is 83.5 cm³/mol. The molecule has 1 aromatic heterocycles. The van der Waals surface area contributed by atoms with Gasteiger partial charge in [-0.05, 0) is 18.6 Å². The van der Waals surface area contributed by atoms with Crippen LogP contribution in [0.5, 0.6) is 11.5 Å². The normalized spacial score (nSPS) is 22.7. The minimum absolute atomic E-state index is 0.0740. The van der Waals surface area contributed by atoms with Crippen molar-refractivity contribution in [2.45, 2.75) is 18.9 Å². The minimum atomic E-state index is -0.609. The first-order valence-corrected chi connectivity index (χ1v) is 7.37. The number of nitrogens with zero attached hydrogens (tertiary/aromatic N) is 2. The molecule has 7 nitrogen and oxygen atoms in total. The Morgan fingerprint density at radius 3 is 2.83 bits per heavy atom. The molecule has 0 aliphatic heterocycles. The van der Waals surface area contributed by atoms with E-state index in [1.165, 1.54) is 12.1 Å². The van der Waals surface area contributed by atoms with E-state index in [1.54, 1.807) is 30.1 Å². The highest BCUT2D eigenvalue weighted by Gasteiger charge is 2.53. The second-order valence-corrected chi connectivity index (χ2v) is 5.97. The average molecular weight is 317 g/mol. The van der Waals surface area contributed by atoms with E-state index >= 15 is 0 Å². The first-order valence-electron chi connectivity index (χ1n) is 7.37. The number of aliphatic hydroxyl groups is 1. The zero-order chi connectivity index (χ0) is 16.6. The molecule has 1 fully saturated rings. The Labute approximate surface area is 133 Å². The van der Waals surface area contributed by atoms with E-state index in [0.29, 0.717) is 11.6 Å². The second kappa shape index (κ2) is 5.58. The van der Waals surface area contributed by atoms with Gasteiger partial charge in [0.05, 0.1) is 6.61 Å². The van der Waals surface area contributed by atoms with Gasteiger partial charge in [-0.15, -0.1) is 0 Å². The van der Waals surface area contributed by atoms with Gasteiger partial charge in [0.1, 0.15) is 17.1 Å². The number of phenols is 1. The maximum Gasteiger partial charge on any atom is 0.257 e. The fourth-order valence-electron chi connectivity index (χ4n) is 2.53. The van der Waals surface area contributed by atoms with Gasteiger partial charge in [-0.1, -0.05) is 6.92 Å². The number of hydrogen-bond donors (Lipinski definition) is 3. The molecule has 2 aromatic rings. The fraction of sp³-hybridized carbons (Fsp3) is 0.375. The molecular weight excluding hydrogens is 298 g/mol. The van der Waals surface area contributed by atoms with Gasteiger partial charge in [-0.2, -0.15) is 5.10 Å². The third-order valence-electron chi connectivity index (χ3n) is 4.09. The highest BCUT2D eigenvalue weighted by atomic mass is 16.5. The molecule has 0 spiro atoms. The van der Waals surface area contributed by atoms with Crippen LogP contribution in [0.15, 0.2) is 30.5 Å². The average Bonchev–Trinajstić information content (AvgIpc) is 2.94. The van der Waals surface area contributed by atoms with Gasteiger partial charge in [-0.25, -0.2) is 0 Å². The van der Waals surface area contributed by atoms with E-state index in [-0.39, 0.29) is 23.8 Å². The first kappa shape index (κ1) is 15.4. The van der Waals surface area contributed by atoms with Crippen LogP contribution in [-0.2, 0) is 7.05 Å². The number of aliphatic hydroxyl groups excluding tert-OH is 1. The quantitative estimate of drug-likeness (QED) is 0.777. The lowest BCUT2D eigenvalue weighted by Gasteiger charge is -2.17. The number of phenolic OH excluding ortho intramolecular Hbond substituents is 1. The fourth-order valence-corrected chi connectivity index (χ4v) is 2.53. The summed E-state index contributed by atoms with van der Waals surface area (Å²) in [5.74, 6) is 0.544. The number of aromatic nitrogens is 2. The smallest absolute Gasteiger partial charge is 0.257 e. The Morgan fingerprint density at radius 1 is 1.52 bits per heavy atom. The largest absolute Gasteiger partial charge is 0.508 e. The van der Waals surface area contributed by atoms with Crippen molar-refractivity contribution in [3.63, 3.8) is 0 Å². The molecule has 23 heavy (non-hydrogen) atoms. The Hall–Kier alpha value is -2.54. The van der Waals surface area contributed by atoms with Crippen LogP contribution >= 0.6 is 0 Å². The molecule has 0 saturated heterocycles. The van der Waals surface area contributed by atoms with Gasteiger partial charge in [0.2, 0.25) is 0 Å². The third kappa shape index (κ3) is 3.14. The van der Waals surface area contributed by atoms with Crippen molar-refractivity contribution in [3.8, 4) is 11.5 Å². The van der Waals surface area contributed by atoms with Crippen LogP contribution in [0, 0.1) is 5.92 Å². The maximum atomic E-state index is 12.3. The third-order valence-corrected chi connectivity index (χ3v) is 4.09. The number of ether oxygens (including phenoxy) is 1. The zero-order valence-electron chi connectivity index (χ0n) is 13.0. The number of amides is 1. The van der Waals surface area contributed by atoms with Crippen LogP contribution < -0.4 is 10.1 Å². The molecule has 1 amide bonds. The minimum Gasteiger partial charge on any atom is -0.508 e. The molecule has 2 unspecified atom stereocenters. The van der Waals surface area contributed by atoms with E-state index in [1.807, 2.05) is 6.92 Å². The van der Waals surface area contributed by atoms with Gasteiger partial charge in [0, 0.05) is 36.9 Å². The van der Waals surface area contributed by atoms with Crippen LogP contribution in [0.4, 0.5) is 5.82 Å². The van der Waals surface area contributed by atoms with Crippen LogP contribution in [0.25, 0.3) is 0 Å². The molecule has 1 saturated carbocycles. The van der Waals surface area contributed by atoms with E-state index in [2.05, 4.69) is 10.4 Å². The summed E-state index contributed by atoms with van der Waals surface area (Å²) in [4.78, 5) is 12.3. The summed E-state index contributed by atoms with van der Waals surface area (Å²) in [6.45, 7) is 1.88. The molecule has 3 rings (SSSR count). The van der Waals surface area contributed by atoms with Crippen LogP contribution in [0.2, 0.25) is 0 Å². The highest BCUT2D eigenvalue weighted by molar-refractivity contribution is 6.04. The molecule has 122 valence electrons. The van der Waals surface area contributed by atoms with E-state index in [9.17, 15) is 15.0 Å². The lowest BCUT2D eigenvalue weighted by Crippen LogP contribution is -2.25. The van der Waals surface area contributed by atoms with Gasteiger partial charge in [0.15, 0.2) is 5.82 Å². The summed E-state index contributed by atoms with van der Waals surface area (Å²) in [6.07, 6.45) is 2.46. The van der Waals surface area contributed by atoms with E-state index < -0.39 is 11.5 Å². The number of rotatable bonds is 5. The van der Waals surface area contributed by atoms with Crippen molar-refractivity contribution >= 4 is 11.7 Å².